The first-order valence-corrected chi connectivity index (χ1v) is 6.30. The molecule has 0 unspecified atom stereocenters. The summed E-state index contributed by atoms with van der Waals surface area (Å²) < 4.78 is 24.5. The maximum atomic E-state index is 11.6. The minimum Gasteiger partial charge on any atom is -0.331 e. The molecule has 1 amide bonds. The van der Waals surface area contributed by atoms with E-state index in [1.54, 1.807) is 7.05 Å². The van der Waals surface area contributed by atoms with Gasteiger partial charge in [0.2, 0.25) is 15.9 Å². The van der Waals surface area contributed by atoms with Crippen LogP contribution in [0, 0.1) is 0 Å². The third-order valence-electron chi connectivity index (χ3n) is 2.26. The lowest BCUT2D eigenvalue weighted by molar-refractivity contribution is -0.125. The summed E-state index contributed by atoms with van der Waals surface area (Å²) in [6, 6.07) is 0. The van der Waals surface area contributed by atoms with Crippen LogP contribution in [0.4, 0.5) is 0 Å². The van der Waals surface area contributed by atoms with Gasteiger partial charge < -0.3 is 4.90 Å². The number of unbranched alkanes of at least 4 members (excludes halogenated alkanes) is 1. The van der Waals surface area contributed by atoms with Crippen molar-refractivity contribution < 1.29 is 13.2 Å². The maximum Gasteiger partial charge on any atom is 0.238 e. The Morgan fingerprint density at radius 3 is 2.50 bits per heavy atom. The summed E-state index contributed by atoms with van der Waals surface area (Å²) >= 11 is 0. The molecule has 1 heterocycles. The van der Waals surface area contributed by atoms with Crippen LogP contribution in [-0.2, 0) is 14.8 Å². The lowest BCUT2D eigenvalue weighted by atomic mass is 10.4. The molecule has 0 spiro atoms. The van der Waals surface area contributed by atoms with Crippen LogP contribution in [0.2, 0.25) is 0 Å². The van der Waals surface area contributed by atoms with Gasteiger partial charge >= 0.3 is 0 Å². The summed E-state index contributed by atoms with van der Waals surface area (Å²) in [5.41, 5.74) is 0. The summed E-state index contributed by atoms with van der Waals surface area (Å²) in [7, 11) is -1.61. The van der Waals surface area contributed by atoms with Gasteiger partial charge in [-0.25, -0.2) is 8.42 Å². The van der Waals surface area contributed by atoms with Crippen LogP contribution in [-0.4, -0.2) is 49.5 Å². The molecule has 0 saturated carbocycles. The SMILES string of the molecule is CCCCS(=O)(=O)N1CC(=O)N(C)C1. The minimum absolute atomic E-state index is 0.00253. The lowest BCUT2D eigenvalue weighted by Crippen LogP contribution is -2.32. The number of hydrogen-bond acceptors (Lipinski definition) is 3. The average Bonchev–Trinajstić information content (AvgIpc) is 2.45. The van der Waals surface area contributed by atoms with Gasteiger partial charge in [0.15, 0.2) is 0 Å². The Hall–Kier alpha value is -0.620. The molecule has 0 aromatic heterocycles. The van der Waals surface area contributed by atoms with Crippen molar-refractivity contribution >= 4 is 15.9 Å². The second-order valence-corrected chi connectivity index (χ2v) is 5.60. The Bertz CT molecular complexity index is 313. The van der Waals surface area contributed by atoms with Gasteiger partial charge in [-0.05, 0) is 6.42 Å². The van der Waals surface area contributed by atoms with Crippen molar-refractivity contribution in [1.82, 2.24) is 9.21 Å². The van der Waals surface area contributed by atoms with Gasteiger partial charge in [0.05, 0.1) is 19.0 Å². The number of carbonyl (C=O) groups excluding carboxylic acids is 1. The van der Waals surface area contributed by atoms with Crippen LogP contribution in [0.3, 0.4) is 0 Å². The van der Waals surface area contributed by atoms with Crippen molar-refractivity contribution in [2.24, 2.45) is 0 Å². The molecular weight excluding hydrogens is 204 g/mol. The second-order valence-electron chi connectivity index (χ2n) is 3.51. The standard InChI is InChI=1S/C8H16N2O3S/c1-3-4-5-14(12,13)10-6-8(11)9(2)7-10/h3-7H2,1-2H3. The number of nitrogens with zero attached hydrogens (tertiary/aromatic N) is 2. The average molecular weight is 220 g/mol. The summed E-state index contributed by atoms with van der Waals surface area (Å²) in [6.45, 7) is 2.14. The monoisotopic (exact) mass is 220 g/mol. The van der Waals surface area contributed by atoms with Crippen molar-refractivity contribution in [3.8, 4) is 0 Å². The molecule has 0 atom stereocenters. The van der Waals surface area contributed by atoms with E-state index in [0.717, 1.165) is 6.42 Å². The van der Waals surface area contributed by atoms with Crippen LogP contribution in [0.5, 0.6) is 0 Å². The van der Waals surface area contributed by atoms with E-state index < -0.39 is 10.0 Å². The molecule has 1 aliphatic rings. The van der Waals surface area contributed by atoms with E-state index in [1.807, 2.05) is 6.92 Å². The number of amides is 1. The van der Waals surface area contributed by atoms with Crippen molar-refractivity contribution in [3.05, 3.63) is 0 Å². The van der Waals surface area contributed by atoms with E-state index in [-0.39, 0.29) is 24.9 Å². The third kappa shape index (κ3) is 2.45. The Kier molecular flexibility index (Phi) is 3.49. The van der Waals surface area contributed by atoms with Gasteiger partial charge in [0.1, 0.15) is 0 Å². The highest BCUT2D eigenvalue weighted by Gasteiger charge is 2.32. The molecule has 5 nitrogen and oxygen atoms in total. The van der Waals surface area contributed by atoms with Crippen LogP contribution in [0.15, 0.2) is 0 Å². The van der Waals surface area contributed by atoms with Crippen LogP contribution in [0.1, 0.15) is 19.8 Å². The highest BCUT2D eigenvalue weighted by molar-refractivity contribution is 7.89. The Morgan fingerprint density at radius 2 is 2.07 bits per heavy atom. The number of carbonyl (C=O) groups is 1. The molecule has 0 N–H and O–H groups in total. The lowest BCUT2D eigenvalue weighted by Gasteiger charge is -2.14. The normalized spacial score (nSPS) is 19.3. The number of hydrogen-bond donors (Lipinski definition) is 0. The largest absolute Gasteiger partial charge is 0.331 e. The minimum atomic E-state index is -3.22. The van der Waals surface area contributed by atoms with Crippen molar-refractivity contribution in [1.29, 1.82) is 0 Å². The van der Waals surface area contributed by atoms with E-state index in [2.05, 4.69) is 0 Å². The quantitative estimate of drug-likeness (QED) is 0.662. The predicted molar refractivity (Wildman–Crippen MR) is 53.0 cm³/mol. The zero-order valence-corrected chi connectivity index (χ0v) is 9.38. The van der Waals surface area contributed by atoms with E-state index in [0.29, 0.717) is 6.42 Å². The topological polar surface area (TPSA) is 57.7 Å². The molecule has 1 rings (SSSR count). The number of sulfonamides is 1. The van der Waals surface area contributed by atoms with Crippen LogP contribution < -0.4 is 0 Å². The molecule has 1 fully saturated rings. The van der Waals surface area contributed by atoms with Gasteiger partial charge in [-0.3, -0.25) is 4.79 Å². The fourth-order valence-corrected chi connectivity index (χ4v) is 2.85. The van der Waals surface area contributed by atoms with Crippen molar-refractivity contribution in [3.63, 3.8) is 0 Å². The van der Waals surface area contributed by atoms with E-state index in [1.165, 1.54) is 9.21 Å². The summed E-state index contributed by atoms with van der Waals surface area (Å²) in [5, 5.41) is 0. The molecular formula is C8H16N2O3S. The molecule has 1 saturated heterocycles. The van der Waals surface area contributed by atoms with Gasteiger partial charge in [-0.2, -0.15) is 4.31 Å². The van der Waals surface area contributed by atoms with Gasteiger partial charge in [0, 0.05) is 7.05 Å². The predicted octanol–water partition coefficient (Wildman–Crippen LogP) is -0.152. The molecule has 0 aromatic carbocycles. The summed E-state index contributed by atoms with van der Waals surface area (Å²) in [4.78, 5) is 12.5. The molecule has 0 radical (unpaired) electrons. The zero-order chi connectivity index (χ0) is 10.8. The smallest absolute Gasteiger partial charge is 0.238 e. The highest BCUT2D eigenvalue weighted by atomic mass is 32.2. The van der Waals surface area contributed by atoms with Crippen molar-refractivity contribution in [2.45, 2.75) is 19.8 Å². The van der Waals surface area contributed by atoms with Crippen molar-refractivity contribution in [2.75, 3.05) is 26.0 Å². The first-order chi connectivity index (χ1) is 6.47. The zero-order valence-electron chi connectivity index (χ0n) is 8.56. The molecule has 6 heteroatoms. The van der Waals surface area contributed by atoms with Crippen LogP contribution in [0.25, 0.3) is 0 Å². The first-order valence-electron chi connectivity index (χ1n) is 4.69. The highest BCUT2D eigenvalue weighted by Crippen LogP contribution is 2.11. The molecule has 0 aliphatic carbocycles. The molecule has 0 bridgehead atoms. The van der Waals surface area contributed by atoms with Gasteiger partial charge in [-0.15, -0.1) is 0 Å². The second kappa shape index (κ2) is 4.27. The Morgan fingerprint density at radius 1 is 1.43 bits per heavy atom. The van der Waals surface area contributed by atoms with E-state index in [9.17, 15) is 13.2 Å². The fourth-order valence-electron chi connectivity index (χ4n) is 1.28. The Balaban J connectivity index is 2.62. The summed E-state index contributed by atoms with van der Waals surface area (Å²) in [5.74, 6) is 0.00928. The third-order valence-corrected chi connectivity index (χ3v) is 4.09. The summed E-state index contributed by atoms with van der Waals surface area (Å²) in [6.07, 6.45) is 1.49. The molecule has 14 heavy (non-hydrogen) atoms. The van der Waals surface area contributed by atoms with E-state index >= 15 is 0 Å². The first kappa shape index (κ1) is 11.5. The molecule has 1 aliphatic heterocycles. The molecule has 82 valence electrons. The maximum absolute atomic E-state index is 11.6. The van der Waals surface area contributed by atoms with Gasteiger partial charge in [0.25, 0.3) is 0 Å². The fraction of sp³-hybridized carbons (Fsp3) is 0.875. The van der Waals surface area contributed by atoms with E-state index in [4.69, 9.17) is 0 Å². The number of likely N-dealkylation sites (N-methyl/N-ethyl adjacent to an activating group) is 1. The van der Waals surface area contributed by atoms with Gasteiger partial charge in [-0.1, -0.05) is 13.3 Å². The molecule has 0 aromatic rings. The number of rotatable bonds is 4. The van der Waals surface area contributed by atoms with Crippen LogP contribution >= 0.6 is 0 Å². The Labute approximate surface area is 84.7 Å².